The number of halogens is 2. The molecule has 5 nitrogen and oxygen atoms in total. The molecule has 2 aromatic rings. The molecule has 0 aliphatic carbocycles. The van der Waals surface area contributed by atoms with Crippen LogP contribution in [0.15, 0.2) is 24.8 Å². The van der Waals surface area contributed by atoms with Crippen molar-refractivity contribution in [3.8, 4) is 0 Å². The summed E-state index contributed by atoms with van der Waals surface area (Å²) in [4.78, 5) is 15.8. The Morgan fingerprint density at radius 3 is 2.83 bits per heavy atom. The summed E-state index contributed by atoms with van der Waals surface area (Å²) in [6, 6.07) is 1.85. The van der Waals surface area contributed by atoms with Crippen LogP contribution in [-0.2, 0) is 6.54 Å². The number of hydrogen-bond donors (Lipinski definition) is 0. The number of nitrogens with zero attached hydrogens (tertiary/aromatic N) is 5. The molecule has 2 aromatic heterocycles. The molecule has 1 aliphatic heterocycles. The van der Waals surface area contributed by atoms with Gasteiger partial charge in [-0.25, -0.2) is 18.7 Å². The van der Waals surface area contributed by atoms with Crippen LogP contribution in [0.3, 0.4) is 0 Å². The first-order valence-corrected chi connectivity index (χ1v) is 7.60. The molecule has 0 N–H and O–H groups in total. The summed E-state index contributed by atoms with van der Waals surface area (Å²) in [5, 5.41) is 0. The van der Waals surface area contributed by atoms with E-state index in [1.165, 1.54) is 12.5 Å². The Balaban J connectivity index is 1.70. The predicted octanol–water partition coefficient (Wildman–Crippen LogP) is 2.17. The second kappa shape index (κ2) is 6.54. The Morgan fingerprint density at radius 1 is 1.26 bits per heavy atom. The molecule has 23 heavy (non-hydrogen) atoms. The van der Waals surface area contributed by atoms with Gasteiger partial charge in [-0.15, -0.1) is 0 Å². The van der Waals surface area contributed by atoms with Gasteiger partial charge in [-0.2, -0.15) is 0 Å². The van der Waals surface area contributed by atoms with Gasteiger partial charge in [-0.3, -0.25) is 9.88 Å². The number of pyridine rings is 1. The predicted molar refractivity (Wildman–Crippen MR) is 83.0 cm³/mol. The van der Waals surface area contributed by atoms with Crippen LogP contribution in [0.4, 0.5) is 14.6 Å². The molecule has 1 atom stereocenters. The van der Waals surface area contributed by atoms with E-state index < -0.39 is 0 Å². The molecule has 1 saturated heterocycles. The minimum atomic E-state index is -0.367. The van der Waals surface area contributed by atoms with Crippen LogP contribution in [0.2, 0.25) is 0 Å². The number of anilines is 1. The van der Waals surface area contributed by atoms with E-state index in [0.29, 0.717) is 43.3 Å². The molecule has 0 bridgehead atoms. The highest BCUT2D eigenvalue weighted by Crippen LogP contribution is 2.22. The van der Waals surface area contributed by atoms with Crippen molar-refractivity contribution >= 4 is 5.82 Å². The summed E-state index contributed by atoms with van der Waals surface area (Å²) in [6.07, 6.45) is 4.21. The summed E-state index contributed by atoms with van der Waals surface area (Å²) in [6.45, 7) is 6.20. The number of piperazine rings is 1. The molecule has 0 radical (unpaired) electrons. The third kappa shape index (κ3) is 3.29. The average Bonchev–Trinajstić information content (AvgIpc) is 2.54. The zero-order valence-corrected chi connectivity index (χ0v) is 13.2. The molecular weight excluding hydrogens is 300 g/mol. The van der Waals surface area contributed by atoms with Gasteiger partial charge >= 0.3 is 0 Å². The third-order valence-corrected chi connectivity index (χ3v) is 4.24. The highest BCUT2D eigenvalue weighted by Gasteiger charge is 2.27. The lowest BCUT2D eigenvalue weighted by Gasteiger charge is -2.40. The zero-order valence-electron chi connectivity index (χ0n) is 13.2. The normalized spacial score (nSPS) is 19.1. The van der Waals surface area contributed by atoms with E-state index in [-0.39, 0.29) is 17.7 Å². The Hall–Kier alpha value is -2.15. The van der Waals surface area contributed by atoms with Crippen molar-refractivity contribution in [1.29, 1.82) is 0 Å². The third-order valence-electron chi connectivity index (χ3n) is 4.24. The summed E-state index contributed by atoms with van der Waals surface area (Å²) in [5.74, 6) is -0.313. The smallest absolute Gasteiger partial charge is 0.186 e. The number of aromatic nitrogens is 3. The van der Waals surface area contributed by atoms with E-state index in [9.17, 15) is 8.78 Å². The van der Waals surface area contributed by atoms with Crippen molar-refractivity contribution in [2.75, 3.05) is 24.5 Å². The molecule has 1 fully saturated rings. The topological polar surface area (TPSA) is 45.2 Å². The number of rotatable bonds is 3. The Kier molecular flexibility index (Phi) is 4.47. The van der Waals surface area contributed by atoms with Gasteiger partial charge in [-0.1, -0.05) is 0 Å². The summed E-state index contributed by atoms with van der Waals surface area (Å²) >= 11 is 0. The fourth-order valence-corrected chi connectivity index (χ4v) is 2.84. The second-order valence-corrected chi connectivity index (χ2v) is 5.83. The first-order valence-electron chi connectivity index (χ1n) is 7.60. The molecule has 122 valence electrons. The SMILES string of the molecule is Cc1ncnc(N2CCN(Cc3ccncc3F)C(C)C2)c1F. The Morgan fingerprint density at radius 2 is 2.09 bits per heavy atom. The van der Waals surface area contributed by atoms with Crippen LogP contribution in [0.5, 0.6) is 0 Å². The minimum absolute atomic E-state index is 0.158. The number of aryl methyl sites for hydroxylation is 1. The Bertz CT molecular complexity index is 694. The van der Waals surface area contributed by atoms with Crippen molar-refractivity contribution in [2.45, 2.75) is 26.4 Å². The van der Waals surface area contributed by atoms with Gasteiger partial charge in [0.15, 0.2) is 11.6 Å². The van der Waals surface area contributed by atoms with Gasteiger partial charge < -0.3 is 4.90 Å². The highest BCUT2D eigenvalue weighted by molar-refractivity contribution is 5.41. The van der Waals surface area contributed by atoms with Crippen LogP contribution in [0.25, 0.3) is 0 Å². The van der Waals surface area contributed by atoms with Crippen molar-refractivity contribution in [2.24, 2.45) is 0 Å². The van der Waals surface area contributed by atoms with Crippen LogP contribution < -0.4 is 4.90 Å². The maximum atomic E-state index is 14.2. The van der Waals surface area contributed by atoms with E-state index in [1.807, 2.05) is 4.90 Å². The molecule has 3 heterocycles. The van der Waals surface area contributed by atoms with Crippen LogP contribution in [0, 0.1) is 18.6 Å². The quantitative estimate of drug-likeness (QED) is 0.867. The molecule has 0 saturated carbocycles. The lowest BCUT2D eigenvalue weighted by Crippen LogP contribution is -2.52. The van der Waals surface area contributed by atoms with Gasteiger partial charge in [0.2, 0.25) is 0 Å². The monoisotopic (exact) mass is 319 g/mol. The van der Waals surface area contributed by atoms with E-state index >= 15 is 0 Å². The minimum Gasteiger partial charge on any atom is -0.351 e. The van der Waals surface area contributed by atoms with Crippen molar-refractivity contribution in [3.05, 3.63) is 47.7 Å². The maximum absolute atomic E-state index is 14.2. The highest BCUT2D eigenvalue weighted by atomic mass is 19.1. The first kappa shape index (κ1) is 15.7. The lowest BCUT2D eigenvalue weighted by molar-refractivity contribution is 0.178. The summed E-state index contributed by atoms with van der Waals surface area (Å²) < 4.78 is 27.9. The fraction of sp³-hybridized carbons (Fsp3) is 0.438. The molecule has 7 heteroatoms. The van der Waals surface area contributed by atoms with Gasteiger partial charge in [0.25, 0.3) is 0 Å². The molecule has 0 aromatic carbocycles. The molecule has 1 aliphatic rings. The van der Waals surface area contributed by atoms with Crippen LogP contribution in [0.1, 0.15) is 18.2 Å². The van der Waals surface area contributed by atoms with Crippen molar-refractivity contribution < 1.29 is 8.78 Å². The van der Waals surface area contributed by atoms with Crippen molar-refractivity contribution in [1.82, 2.24) is 19.9 Å². The van der Waals surface area contributed by atoms with E-state index in [2.05, 4.69) is 26.8 Å². The molecule has 0 spiro atoms. The average molecular weight is 319 g/mol. The fourth-order valence-electron chi connectivity index (χ4n) is 2.84. The van der Waals surface area contributed by atoms with E-state index in [1.54, 1.807) is 19.2 Å². The molecule has 3 rings (SSSR count). The van der Waals surface area contributed by atoms with E-state index in [4.69, 9.17) is 0 Å². The largest absolute Gasteiger partial charge is 0.351 e. The van der Waals surface area contributed by atoms with E-state index in [0.717, 1.165) is 0 Å². The standard InChI is InChI=1S/C16H19F2N5/c1-11-8-23(16-15(18)12(2)20-10-21-16)6-5-22(11)9-13-3-4-19-7-14(13)17/h3-4,7,10-11H,5-6,8-9H2,1-2H3. The molecule has 1 unspecified atom stereocenters. The second-order valence-electron chi connectivity index (χ2n) is 5.83. The maximum Gasteiger partial charge on any atom is 0.186 e. The first-order chi connectivity index (χ1) is 11.1. The van der Waals surface area contributed by atoms with Gasteiger partial charge in [0.05, 0.1) is 11.9 Å². The van der Waals surface area contributed by atoms with Gasteiger partial charge in [0, 0.05) is 44.0 Å². The van der Waals surface area contributed by atoms with Gasteiger partial charge in [0.1, 0.15) is 12.1 Å². The van der Waals surface area contributed by atoms with Crippen molar-refractivity contribution in [3.63, 3.8) is 0 Å². The van der Waals surface area contributed by atoms with Crippen LogP contribution in [-0.4, -0.2) is 45.5 Å². The number of hydrogen-bond acceptors (Lipinski definition) is 5. The molecular formula is C16H19F2N5. The Labute approximate surface area is 134 Å². The summed E-state index contributed by atoms with van der Waals surface area (Å²) in [5.41, 5.74) is 0.980. The lowest BCUT2D eigenvalue weighted by atomic mass is 10.1. The zero-order chi connectivity index (χ0) is 16.4. The molecule has 0 amide bonds. The van der Waals surface area contributed by atoms with Crippen LogP contribution >= 0.6 is 0 Å². The summed E-state index contributed by atoms with van der Waals surface area (Å²) in [7, 11) is 0. The van der Waals surface area contributed by atoms with Gasteiger partial charge in [-0.05, 0) is 19.9 Å².